The fourth-order valence-corrected chi connectivity index (χ4v) is 9.24. The van der Waals surface area contributed by atoms with Gasteiger partial charge in [-0.3, -0.25) is 0 Å². The van der Waals surface area contributed by atoms with Gasteiger partial charge in [0.15, 0.2) is 0 Å². The Kier molecular flexibility index (Phi) is 13.3. The Morgan fingerprint density at radius 3 is 0.919 bits per heavy atom. The van der Waals surface area contributed by atoms with E-state index in [2.05, 4.69) is 83.1 Å². The summed E-state index contributed by atoms with van der Waals surface area (Å²) in [6, 6.07) is 0. The normalized spacial score (nSPS) is 38.9. The van der Waals surface area contributed by atoms with Gasteiger partial charge in [0.2, 0.25) is 0 Å². The number of halogens is 2. The Hall–Kier alpha value is 0.423. The second-order valence-corrected chi connectivity index (χ2v) is 16.5. The van der Waals surface area contributed by atoms with Crippen molar-refractivity contribution in [3.63, 3.8) is 0 Å². The second-order valence-electron chi connectivity index (χ2n) is 12.7. The quantitative estimate of drug-likeness (QED) is 0.273. The maximum atomic E-state index is 4.93. The van der Waals surface area contributed by atoms with Gasteiger partial charge >= 0.3 is 37.9 Å². The van der Waals surface area contributed by atoms with Gasteiger partial charge in [-0.25, -0.2) is 0 Å². The van der Waals surface area contributed by atoms with Crippen molar-refractivity contribution in [3.8, 4) is 0 Å². The number of hydrogen-bond donors (Lipinski definition) is 0. The third-order valence-electron chi connectivity index (χ3n) is 12.2. The van der Waals surface area contributed by atoms with Crippen molar-refractivity contribution in [3.05, 3.63) is 59.4 Å². The molecule has 10 unspecified atom stereocenters. The summed E-state index contributed by atoms with van der Waals surface area (Å²) in [6.45, 7) is 29.6. The summed E-state index contributed by atoms with van der Waals surface area (Å²) >= 11 is -0.826. The first-order valence-electron chi connectivity index (χ1n) is 14.0. The van der Waals surface area contributed by atoms with Crippen molar-refractivity contribution in [2.24, 2.45) is 59.2 Å². The van der Waals surface area contributed by atoms with E-state index >= 15 is 0 Å². The zero-order chi connectivity index (χ0) is 26.5. The minimum absolute atomic E-state index is 0. The molecule has 0 radical (unpaired) electrons. The molecule has 2 saturated carbocycles. The number of rotatable bonds is 3. The van der Waals surface area contributed by atoms with Crippen LogP contribution in [0.15, 0.2) is 44.6 Å². The molecule has 37 heavy (non-hydrogen) atoms. The summed E-state index contributed by atoms with van der Waals surface area (Å²) < 4.78 is 0. The molecule has 4 rings (SSSR count). The molecule has 10 atom stereocenters. The average molecular weight is 627 g/mol. The first-order valence-corrected chi connectivity index (χ1v) is 20.3. The Bertz CT molecular complexity index is 875. The predicted octanol–water partition coefficient (Wildman–Crippen LogP) is 11.7. The van der Waals surface area contributed by atoms with E-state index in [0.29, 0.717) is 0 Å². The number of allylic oxidation sites excluding steroid dienone is 8. The average Bonchev–Trinajstić information content (AvgIpc) is 3.22. The molecule has 0 nitrogen and oxygen atoms in total. The van der Waals surface area contributed by atoms with Crippen LogP contribution >= 0.6 is 17.0 Å². The molecule has 3 heteroatoms. The Labute approximate surface area is 250 Å². The summed E-state index contributed by atoms with van der Waals surface area (Å²) in [5, 5.41) is 0. The molecule has 0 bridgehead atoms. The Balaban J connectivity index is 0.00000131. The molecule has 2 fully saturated rings. The van der Waals surface area contributed by atoms with Crippen molar-refractivity contribution >= 4 is 17.0 Å². The Morgan fingerprint density at radius 2 is 0.676 bits per heavy atom. The van der Waals surface area contributed by atoms with E-state index in [9.17, 15) is 0 Å². The fourth-order valence-electron chi connectivity index (χ4n) is 9.24. The number of fused-ring (bicyclic) bond motifs is 2. The van der Waals surface area contributed by atoms with Gasteiger partial charge in [0.1, 0.15) is 0 Å². The van der Waals surface area contributed by atoms with E-state index in [-0.39, 0.29) is 14.9 Å². The van der Waals surface area contributed by atoms with Gasteiger partial charge in [-0.15, -0.1) is 0 Å². The molecule has 0 N–H and O–H groups in total. The molecule has 0 heterocycles. The molecule has 0 aromatic carbocycles. The third kappa shape index (κ3) is 5.91. The SMILES string of the molecule is CC1=C(C)C2C(C)C(C)C(CCC3C(C)C(C)C4C(C)=C(C)C(C)=C(C)C34)C2C(C)=C1C.[CH3-].[CH3-].[Cl][Zr+2][Cl]. The number of hydrogen-bond acceptors (Lipinski definition) is 0. The summed E-state index contributed by atoms with van der Waals surface area (Å²) in [5.41, 5.74) is 13.2. The van der Waals surface area contributed by atoms with Gasteiger partial charge in [-0.2, -0.15) is 0 Å². The standard InChI is InChI=1S/C32H50.2CH3.2ClH.Zr/c1-15-17(3)23(9)31-27(19(5)25(11)29(31)21(15)7)13-14-28-20(6)26(12)30-22(8)16(2)18(4)24(10)32(28)30;;;;;/h19-20,25-32H,13-14H2,1-12H3;2*1H3;2*1H;/q;2*-1;;;+4/p-2. The van der Waals surface area contributed by atoms with Crippen LogP contribution < -0.4 is 0 Å². The molecule has 0 amide bonds. The molecular weight excluding hydrogens is 571 g/mol. The molecule has 4 aliphatic carbocycles. The summed E-state index contributed by atoms with van der Waals surface area (Å²) in [7, 11) is 9.87. The van der Waals surface area contributed by atoms with Crippen LogP contribution in [0.2, 0.25) is 0 Å². The van der Waals surface area contributed by atoms with E-state index in [4.69, 9.17) is 17.0 Å². The Morgan fingerprint density at radius 1 is 0.459 bits per heavy atom. The van der Waals surface area contributed by atoms with E-state index in [1.807, 2.05) is 0 Å². The zero-order valence-corrected chi connectivity index (χ0v) is 30.4. The van der Waals surface area contributed by atoms with Gasteiger partial charge in [0, 0.05) is 0 Å². The van der Waals surface area contributed by atoms with Crippen molar-refractivity contribution < 1.29 is 20.8 Å². The van der Waals surface area contributed by atoms with Crippen LogP contribution in [0.5, 0.6) is 0 Å². The first-order chi connectivity index (χ1) is 16.3. The van der Waals surface area contributed by atoms with Crippen LogP contribution in [0.3, 0.4) is 0 Å². The molecule has 0 spiro atoms. The van der Waals surface area contributed by atoms with Crippen molar-refractivity contribution in [2.45, 2.75) is 95.9 Å². The predicted molar refractivity (Wildman–Crippen MR) is 165 cm³/mol. The van der Waals surface area contributed by atoms with Crippen molar-refractivity contribution in [2.75, 3.05) is 0 Å². The van der Waals surface area contributed by atoms with Crippen molar-refractivity contribution in [1.29, 1.82) is 0 Å². The molecule has 0 saturated heterocycles. The summed E-state index contributed by atoms with van der Waals surface area (Å²) in [4.78, 5) is 0. The second kappa shape index (κ2) is 13.9. The van der Waals surface area contributed by atoms with Crippen LogP contribution in [0.1, 0.15) is 95.9 Å². The van der Waals surface area contributed by atoms with Crippen LogP contribution in [-0.4, -0.2) is 0 Å². The van der Waals surface area contributed by atoms with Gasteiger partial charge in [0.05, 0.1) is 0 Å². The van der Waals surface area contributed by atoms with E-state index in [1.165, 1.54) is 12.8 Å². The van der Waals surface area contributed by atoms with Gasteiger partial charge in [0.25, 0.3) is 0 Å². The molecule has 0 aliphatic heterocycles. The topological polar surface area (TPSA) is 0 Å². The van der Waals surface area contributed by atoms with E-state index in [0.717, 1.165) is 59.2 Å². The monoisotopic (exact) mass is 624 g/mol. The van der Waals surface area contributed by atoms with E-state index in [1.54, 1.807) is 44.6 Å². The molecule has 0 aromatic heterocycles. The van der Waals surface area contributed by atoms with Crippen LogP contribution in [0, 0.1) is 74.0 Å². The third-order valence-corrected chi connectivity index (χ3v) is 12.2. The van der Waals surface area contributed by atoms with Crippen LogP contribution in [0.25, 0.3) is 0 Å². The van der Waals surface area contributed by atoms with Crippen LogP contribution in [0.4, 0.5) is 0 Å². The summed E-state index contributed by atoms with van der Waals surface area (Å²) in [5.74, 6) is 8.08. The van der Waals surface area contributed by atoms with Crippen LogP contribution in [-0.2, 0) is 20.8 Å². The minimum atomic E-state index is -0.826. The molecule has 0 aromatic rings. The summed E-state index contributed by atoms with van der Waals surface area (Å²) in [6.07, 6.45) is 2.84. The first kappa shape index (κ1) is 35.4. The fraction of sp³-hybridized carbons (Fsp3) is 0.706. The molecule has 4 aliphatic rings. The van der Waals surface area contributed by atoms with E-state index < -0.39 is 20.8 Å². The molecular formula is C34H56Cl2Zr. The van der Waals surface area contributed by atoms with Gasteiger partial charge in [-0.05, 0) is 150 Å². The zero-order valence-electron chi connectivity index (χ0n) is 26.4. The van der Waals surface area contributed by atoms with Gasteiger partial charge in [-0.1, -0.05) is 50.0 Å². The van der Waals surface area contributed by atoms with Crippen molar-refractivity contribution in [1.82, 2.24) is 0 Å². The molecule has 210 valence electrons. The van der Waals surface area contributed by atoms with Gasteiger partial charge < -0.3 is 14.9 Å². The maximum absolute atomic E-state index is 4.93.